The number of amides is 1. The van der Waals surface area contributed by atoms with Gasteiger partial charge in [0.05, 0.1) is 12.7 Å². The molecule has 0 unspecified atom stereocenters. The van der Waals surface area contributed by atoms with E-state index in [2.05, 4.69) is 29.5 Å². The number of carbonyl (C=O) groups excluding carboxylic acids is 1. The van der Waals surface area contributed by atoms with Gasteiger partial charge < -0.3 is 10.4 Å². The maximum atomic E-state index is 12.1. The van der Waals surface area contributed by atoms with Crippen molar-refractivity contribution in [3.8, 4) is 0 Å². The largest absolute Gasteiger partial charge is 0.480 e. The fraction of sp³-hybridized carbons (Fsp3) is 0.692. The molecule has 0 bridgehead atoms. The number of aromatic nitrogens is 3. The van der Waals surface area contributed by atoms with E-state index >= 15 is 0 Å². The number of aliphatic carboxylic acids is 1. The summed E-state index contributed by atoms with van der Waals surface area (Å²) in [5.74, 6) is -0.588. The highest BCUT2D eigenvalue weighted by Gasteiger charge is 2.28. The molecule has 0 aliphatic rings. The molecular weight excluding hydrogens is 260 g/mol. The van der Waals surface area contributed by atoms with E-state index in [-0.39, 0.29) is 19.0 Å². The van der Waals surface area contributed by atoms with Gasteiger partial charge in [0.1, 0.15) is 12.2 Å². The summed E-state index contributed by atoms with van der Waals surface area (Å²) in [5, 5.41) is 18.9. The van der Waals surface area contributed by atoms with Gasteiger partial charge in [-0.1, -0.05) is 32.9 Å². The molecular formula is C13H22N4O3. The first-order valence-corrected chi connectivity index (χ1v) is 6.60. The number of carboxylic acid groups (broad SMARTS) is 1. The van der Waals surface area contributed by atoms with Gasteiger partial charge in [-0.25, -0.2) is 4.68 Å². The molecule has 0 radical (unpaired) electrons. The first kappa shape index (κ1) is 16.1. The molecule has 7 heteroatoms. The van der Waals surface area contributed by atoms with Gasteiger partial charge in [0, 0.05) is 5.41 Å². The quantitative estimate of drug-likeness (QED) is 0.779. The molecule has 112 valence electrons. The molecule has 0 aliphatic carbocycles. The van der Waals surface area contributed by atoms with Gasteiger partial charge in [0.2, 0.25) is 5.91 Å². The van der Waals surface area contributed by atoms with Crippen LogP contribution in [-0.4, -0.2) is 32.0 Å². The van der Waals surface area contributed by atoms with E-state index in [9.17, 15) is 9.59 Å². The number of hydrogen-bond donors (Lipinski definition) is 2. The van der Waals surface area contributed by atoms with Crippen molar-refractivity contribution in [3.05, 3.63) is 11.9 Å². The molecule has 0 saturated carbocycles. The van der Waals surface area contributed by atoms with Crippen LogP contribution in [0.1, 0.15) is 39.8 Å². The van der Waals surface area contributed by atoms with Crippen LogP contribution in [-0.2, 0) is 22.7 Å². The van der Waals surface area contributed by atoms with Gasteiger partial charge in [0.15, 0.2) is 0 Å². The molecule has 20 heavy (non-hydrogen) atoms. The van der Waals surface area contributed by atoms with Crippen LogP contribution in [0.15, 0.2) is 6.20 Å². The molecule has 0 saturated heterocycles. The van der Waals surface area contributed by atoms with Crippen LogP contribution in [0.25, 0.3) is 0 Å². The van der Waals surface area contributed by atoms with Crippen molar-refractivity contribution >= 4 is 11.9 Å². The summed E-state index contributed by atoms with van der Waals surface area (Å²) >= 11 is 0. The van der Waals surface area contributed by atoms with Crippen molar-refractivity contribution < 1.29 is 14.7 Å². The lowest BCUT2D eigenvalue weighted by Gasteiger charge is -2.25. The van der Waals surface area contributed by atoms with Gasteiger partial charge >= 0.3 is 5.97 Å². The van der Waals surface area contributed by atoms with E-state index < -0.39 is 11.4 Å². The molecule has 0 aromatic carbocycles. The van der Waals surface area contributed by atoms with Crippen LogP contribution >= 0.6 is 0 Å². The van der Waals surface area contributed by atoms with Crippen LogP contribution in [0.5, 0.6) is 0 Å². The minimum absolute atomic E-state index is 0.0426. The predicted molar refractivity (Wildman–Crippen MR) is 72.7 cm³/mol. The molecule has 1 aromatic rings. The minimum Gasteiger partial charge on any atom is -0.480 e. The Bertz CT molecular complexity index is 480. The van der Waals surface area contributed by atoms with Crippen molar-refractivity contribution in [2.45, 2.75) is 47.2 Å². The highest BCUT2D eigenvalue weighted by Crippen LogP contribution is 2.25. The van der Waals surface area contributed by atoms with Gasteiger partial charge in [-0.3, -0.25) is 9.59 Å². The van der Waals surface area contributed by atoms with Gasteiger partial charge in [0.25, 0.3) is 0 Å². The van der Waals surface area contributed by atoms with Crippen molar-refractivity contribution in [2.24, 2.45) is 11.3 Å². The zero-order valence-corrected chi connectivity index (χ0v) is 12.4. The number of nitrogens with one attached hydrogen (secondary N) is 1. The normalized spacial score (nSPS) is 11.7. The third kappa shape index (κ3) is 4.99. The zero-order chi connectivity index (χ0) is 15.3. The molecule has 0 spiro atoms. The van der Waals surface area contributed by atoms with E-state index in [1.807, 2.05) is 13.8 Å². The van der Waals surface area contributed by atoms with Crippen LogP contribution in [0.2, 0.25) is 0 Å². The maximum Gasteiger partial charge on any atom is 0.325 e. The predicted octanol–water partition coefficient (Wildman–Crippen LogP) is 1.05. The number of carbonyl (C=O) groups is 2. The molecule has 0 aliphatic heterocycles. The zero-order valence-electron chi connectivity index (χ0n) is 12.4. The van der Waals surface area contributed by atoms with E-state index in [4.69, 9.17) is 5.11 Å². The Morgan fingerprint density at radius 1 is 1.45 bits per heavy atom. The Morgan fingerprint density at radius 3 is 2.65 bits per heavy atom. The van der Waals surface area contributed by atoms with Crippen LogP contribution in [0, 0.1) is 11.3 Å². The van der Waals surface area contributed by atoms with E-state index in [1.54, 1.807) is 0 Å². The van der Waals surface area contributed by atoms with Gasteiger partial charge in [-0.2, -0.15) is 0 Å². The maximum absolute atomic E-state index is 12.1. The Labute approximate surface area is 118 Å². The molecule has 1 amide bonds. The molecule has 1 heterocycles. The first-order chi connectivity index (χ1) is 9.20. The lowest BCUT2D eigenvalue weighted by atomic mass is 9.83. The summed E-state index contributed by atoms with van der Waals surface area (Å²) in [4.78, 5) is 22.6. The van der Waals surface area contributed by atoms with E-state index in [0.29, 0.717) is 11.6 Å². The summed E-state index contributed by atoms with van der Waals surface area (Å²) in [6.07, 6.45) is 2.31. The Hall–Kier alpha value is -1.92. The number of rotatable bonds is 7. The third-order valence-electron chi connectivity index (χ3n) is 2.85. The van der Waals surface area contributed by atoms with Gasteiger partial charge in [-0.15, -0.1) is 5.10 Å². The topological polar surface area (TPSA) is 97.1 Å². The second-order valence-corrected chi connectivity index (χ2v) is 5.97. The number of carboxylic acids is 1. The van der Waals surface area contributed by atoms with Crippen molar-refractivity contribution in [1.82, 2.24) is 20.3 Å². The summed E-state index contributed by atoms with van der Waals surface area (Å²) in [7, 11) is 0. The molecule has 2 N–H and O–H groups in total. The SMILES string of the molecule is CC(C)CC(C)(C)C(=O)NCc1cn(CC(=O)O)nn1. The minimum atomic E-state index is -0.983. The van der Waals surface area contributed by atoms with Crippen molar-refractivity contribution in [2.75, 3.05) is 0 Å². The third-order valence-corrected chi connectivity index (χ3v) is 2.85. The smallest absolute Gasteiger partial charge is 0.325 e. The average Bonchev–Trinajstić information content (AvgIpc) is 2.70. The second kappa shape index (κ2) is 6.49. The van der Waals surface area contributed by atoms with Crippen LogP contribution in [0.4, 0.5) is 0 Å². The molecule has 1 rings (SSSR count). The number of hydrogen-bond acceptors (Lipinski definition) is 4. The van der Waals surface area contributed by atoms with E-state index in [0.717, 1.165) is 6.42 Å². The van der Waals surface area contributed by atoms with Gasteiger partial charge in [-0.05, 0) is 12.3 Å². The highest BCUT2D eigenvalue weighted by molar-refractivity contribution is 5.81. The Balaban J connectivity index is 2.52. The summed E-state index contributed by atoms with van der Waals surface area (Å²) < 4.78 is 1.23. The van der Waals surface area contributed by atoms with Crippen LogP contribution in [0.3, 0.4) is 0 Å². The lowest BCUT2D eigenvalue weighted by Crippen LogP contribution is -2.37. The Morgan fingerprint density at radius 2 is 2.10 bits per heavy atom. The van der Waals surface area contributed by atoms with Crippen molar-refractivity contribution in [1.29, 1.82) is 0 Å². The highest BCUT2D eigenvalue weighted by atomic mass is 16.4. The summed E-state index contributed by atoms with van der Waals surface area (Å²) in [5.41, 5.74) is 0.102. The molecule has 1 aromatic heterocycles. The Kier molecular flexibility index (Phi) is 5.24. The van der Waals surface area contributed by atoms with E-state index in [1.165, 1.54) is 10.9 Å². The lowest BCUT2D eigenvalue weighted by molar-refractivity contribution is -0.138. The monoisotopic (exact) mass is 282 g/mol. The molecule has 7 nitrogen and oxygen atoms in total. The fourth-order valence-corrected chi connectivity index (χ4v) is 2.16. The first-order valence-electron chi connectivity index (χ1n) is 6.60. The average molecular weight is 282 g/mol. The standard InChI is InChI=1S/C13H22N4O3/c1-9(2)5-13(3,4)12(20)14-6-10-7-17(16-15-10)8-11(18)19/h7,9H,5-6,8H2,1-4H3,(H,14,20)(H,18,19). The second-order valence-electron chi connectivity index (χ2n) is 5.97. The molecule has 0 atom stereocenters. The summed E-state index contributed by atoms with van der Waals surface area (Å²) in [6, 6.07) is 0. The van der Waals surface area contributed by atoms with Crippen molar-refractivity contribution in [3.63, 3.8) is 0 Å². The number of nitrogens with zero attached hydrogens (tertiary/aromatic N) is 3. The molecule has 0 fully saturated rings. The fourth-order valence-electron chi connectivity index (χ4n) is 2.16. The van der Waals surface area contributed by atoms with Crippen LogP contribution < -0.4 is 5.32 Å². The summed E-state index contributed by atoms with van der Waals surface area (Å²) in [6.45, 7) is 7.98.